The van der Waals surface area contributed by atoms with E-state index in [4.69, 9.17) is 0 Å². The Balaban J connectivity index is 1.59. The van der Waals surface area contributed by atoms with Crippen molar-refractivity contribution < 1.29 is 27.5 Å². The molecule has 0 radical (unpaired) electrons. The summed E-state index contributed by atoms with van der Waals surface area (Å²) < 4.78 is 57.1. The smallest absolute Gasteiger partial charge is 0.393 e. The van der Waals surface area contributed by atoms with Crippen LogP contribution in [0.5, 0.6) is 5.88 Å². The van der Waals surface area contributed by atoms with Crippen molar-refractivity contribution in [3.8, 4) is 17.7 Å². The van der Waals surface area contributed by atoms with Crippen LogP contribution in [-0.4, -0.2) is 80.4 Å². The molecule has 1 fully saturated rings. The highest BCUT2D eigenvalue weighted by molar-refractivity contribution is 5.96. The first-order valence-corrected chi connectivity index (χ1v) is 11.2. The number of hydrogen-bond donors (Lipinski definition) is 3. The predicted octanol–water partition coefficient (Wildman–Crippen LogP) is 2.11. The van der Waals surface area contributed by atoms with E-state index in [0.29, 0.717) is 18.8 Å². The minimum atomic E-state index is -4.51. The Labute approximate surface area is 204 Å². The Morgan fingerprint density at radius 1 is 1.31 bits per heavy atom. The Morgan fingerprint density at radius 2 is 2.08 bits per heavy atom. The second-order valence-corrected chi connectivity index (χ2v) is 8.63. The van der Waals surface area contributed by atoms with Crippen LogP contribution < -0.4 is 10.6 Å². The van der Waals surface area contributed by atoms with Crippen LogP contribution in [0.15, 0.2) is 24.4 Å². The summed E-state index contributed by atoms with van der Waals surface area (Å²) >= 11 is 0. The molecule has 36 heavy (non-hydrogen) atoms. The van der Waals surface area contributed by atoms with Gasteiger partial charge in [0.05, 0.1) is 30.7 Å². The van der Waals surface area contributed by atoms with E-state index >= 15 is 0 Å². The summed E-state index contributed by atoms with van der Waals surface area (Å²) in [6, 6.07) is 4.20. The summed E-state index contributed by atoms with van der Waals surface area (Å²) in [6.45, 7) is 0.744. The Hall–Kier alpha value is -3.79. The molecule has 0 bridgehead atoms. The number of amides is 1. The second kappa shape index (κ2) is 10.1. The van der Waals surface area contributed by atoms with Crippen LogP contribution in [0.3, 0.4) is 0 Å². The number of likely N-dealkylation sites (tertiary alicyclic amines) is 1. The van der Waals surface area contributed by atoms with Gasteiger partial charge in [0.2, 0.25) is 5.88 Å². The SMILES string of the molecule is CN1CC[C@@H](Nc2cccc3c(CC(F)(F)F)c(C#CCNC(=O)c4cnn(C)c4O)nn23)[C@@H](F)C1. The summed E-state index contributed by atoms with van der Waals surface area (Å²) in [7, 11) is 3.29. The fraction of sp³-hybridized carbons (Fsp3) is 0.435. The van der Waals surface area contributed by atoms with Crippen molar-refractivity contribution >= 4 is 17.2 Å². The maximum atomic E-state index is 14.6. The van der Waals surface area contributed by atoms with Gasteiger partial charge >= 0.3 is 6.18 Å². The lowest BCUT2D eigenvalue weighted by atomic mass is 10.0. The van der Waals surface area contributed by atoms with Gasteiger partial charge in [0.25, 0.3) is 5.91 Å². The number of fused-ring (bicyclic) bond motifs is 1. The molecule has 0 saturated carbocycles. The largest absolute Gasteiger partial charge is 0.493 e. The van der Waals surface area contributed by atoms with E-state index < -0.39 is 30.7 Å². The molecule has 13 heteroatoms. The molecule has 0 aliphatic carbocycles. The molecule has 4 heterocycles. The zero-order valence-corrected chi connectivity index (χ0v) is 19.6. The highest BCUT2D eigenvalue weighted by atomic mass is 19.4. The van der Waals surface area contributed by atoms with Crippen molar-refractivity contribution in [2.24, 2.45) is 7.05 Å². The molecule has 3 N–H and O–H groups in total. The Kier molecular flexibility index (Phi) is 7.07. The predicted molar refractivity (Wildman–Crippen MR) is 123 cm³/mol. The van der Waals surface area contributed by atoms with Crippen LogP contribution >= 0.6 is 0 Å². The van der Waals surface area contributed by atoms with E-state index in [1.165, 1.54) is 23.8 Å². The van der Waals surface area contributed by atoms with Gasteiger partial charge in [-0.25, -0.2) is 13.6 Å². The first-order valence-electron chi connectivity index (χ1n) is 11.2. The lowest BCUT2D eigenvalue weighted by molar-refractivity contribution is -0.127. The molecule has 0 aromatic carbocycles. The fourth-order valence-corrected chi connectivity index (χ4v) is 4.05. The number of nitrogens with one attached hydrogen (secondary N) is 2. The van der Waals surface area contributed by atoms with E-state index in [9.17, 15) is 27.5 Å². The molecule has 1 aliphatic heterocycles. The first kappa shape index (κ1) is 25.3. The van der Waals surface area contributed by atoms with Crippen molar-refractivity contribution in [3.63, 3.8) is 0 Å². The quantitative estimate of drug-likeness (QED) is 0.362. The topological polar surface area (TPSA) is 99.7 Å². The summed E-state index contributed by atoms with van der Waals surface area (Å²) in [5, 5.41) is 23.4. The van der Waals surface area contributed by atoms with Gasteiger partial charge in [-0.1, -0.05) is 12.0 Å². The summed E-state index contributed by atoms with van der Waals surface area (Å²) in [6.07, 6.45) is -5.19. The molecule has 3 aromatic heterocycles. The number of rotatable bonds is 5. The fourth-order valence-electron chi connectivity index (χ4n) is 4.05. The molecule has 3 aromatic rings. The number of anilines is 1. The Bertz CT molecular complexity index is 1320. The number of pyridine rings is 1. The Morgan fingerprint density at radius 3 is 2.75 bits per heavy atom. The number of aryl methyl sites for hydroxylation is 1. The third-order valence-electron chi connectivity index (χ3n) is 5.91. The standard InChI is InChI=1S/C23H25F4N7O2/c1-32-10-8-18(16(24)13-32)30-20-7-3-6-19-14(11-23(25,26)27)17(31-34(19)20)5-4-9-28-21(35)15-12-29-33(2)22(15)36/h3,6-7,12,16,18,30,36H,8-11,13H2,1-2H3,(H,28,35)/t16-,18+/m0/s1. The summed E-state index contributed by atoms with van der Waals surface area (Å²) in [4.78, 5) is 14.0. The first-order chi connectivity index (χ1) is 17.0. The number of alkyl halides is 4. The molecule has 192 valence electrons. The molecule has 1 aliphatic rings. The normalized spacial score (nSPS) is 18.6. The van der Waals surface area contributed by atoms with Gasteiger partial charge in [-0.05, 0) is 31.5 Å². The molecule has 1 amide bonds. The van der Waals surface area contributed by atoms with Crippen LogP contribution in [-0.2, 0) is 13.5 Å². The van der Waals surface area contributed by atoms with Crippen LogP contribution in [0.4, 0.5) is 23.4 Å². The maximum absolute atomic E-state index is 14.6. The van der Waals surface area contributed by atoms with Crippen LogP contribution in [0.2, 0.25) is 0 Å². The minimum Gasteiger partial charge on any atom is -0.493 e. The highest BCUT2D eigenvalue weighted by Crippen LogP contribution is 2.28. The number of carbonyl (C=O) groups excluding carboxylic acids is 1. The monoisotopic (exact) mass is 507 g/mol. The van der Waals surface area contributed by atoms with E-state index in [1.54, 1.807) is 12.1 Å². The third-order valence-corrected chi connectivity index (χ3v) is 5.91. The number of aromatic nitrogens is 4. The number of halogens is 4. The van der Waals surface area contributed by atoms with Gasteiger partial charge in [-0.15, -0.1) is 0 Å². The number of nitrogens with zero attached hydrogens (tertiary/aromatic N) is 5. The van der Waals surface area contributed by atoms with Crippen LogP contribution in [0.1, 0.15) is 28.0 Å². The highest BCUT2D eigenvalue weighted by Gasteiger charge is 2.32. The number of aromatic hydroxyl groups is 1. The number of carbonyl (C=O) groups is 1. The molecule has 0 unspecified atom stereocenters. The molecule has 4 rings (SSSR count). The van der Waals surface area contributed by atoms with Gasteiger partial charge in [0, 0.05) is 25.7 Å². The molecule has 9 nitrogen and oxygen atoms in total. The number of piperidine rings is 1. The van der Waals surface area contributed by atoms with Gasteiger partial charge < -0.3 is 20.6 Å². The number of hydrogen-bond acceptors (Lipinski definition) is 6. The minimum absolute atomic E-state index is 0.0550. The zero-order chi connectivity index (χ0) is 26.0. The van der Waals surface area contributed by atoms with E-state index in [2.05, 4.69) is 32.7 Å². The van der Waals surface area contributed by atoms with E-state index in [-0.39, 0.29) is 41.3 Å². The van der Waals surface area contributed by atoms with Gasteiger partial charge in [0.1, 0.15) is 23.2 Å². The zero-order valence-electron chi connectivity index (χ0n) is 19.6. The third kappa shape index (κ3) is 5.54. The van der Waals surface area contributed by atoms with Crippen LogP contribution in [0.25, 0.3) is 5.52 Å². The van der Waals surface area contributed by atoms with E-state index in [1.807, 2.05) is 11.9 Å². The maximum Gasteiger partial charge on any atom is 0.393 e. The van der Waals surface area contributed by atoms with Crippen molar-refractivity contribution in [1.29, 1.82) is 0 Å². The van der Waals surface area contributed by atoms with Crippen molar-refractivity contribution in [1.82, 2.24) is 29.6 Å². The lowest BCUT2D eigenvalue weighted by Gasteiger charge is -2.33. The molecular formula is C23H25F4N7O2. The van der Waals surface area contributed by atoms with Crippen molar-refractivity contribution in [2.75, 3.05) is 32.0 Å². The molecule has 0 spiro atoms. The molecular weight excluding hydrogens is 482 g/mol. The van der Waals surface area contributed by atoms with Crippen LogP contribution in [0, 0.1) is 11.8 Å². The molecule has 1 saturated heterocycles. The second-order valence-electron chi connectivity index (χ2n) is 8.63. The summed E-state index contributed by atoms with van der Waals surface area (Å²) in [5.41, 5.74) is -0.0647. The van der Waals surface area contributed by atoms with E-state index in [0.717, 1.165) is 4.68 Å². The average molecular weight is 507 g/mol. The van der Waals surface area contributed by atoms with Crippen molar-refractivity contribution in [3.05, 3.63) is 41.2 Å². The van der Waals surface area contributed by atoms with Gasteiger partial charge in [0.15, 0.2) is 0 Å². The lowest BCUT2D eigenvalue weighted by Crippen LogP contribution is -2.46. The summed E-state index contributed by atoms with van der Waals surface area (Å²) in [5.74, 6) is 4.62. The van der Waals surface area contributed by atoms with Crippen molar-refractivity contribution in [2.45, 2.75) is 31.2 Å². The molecule has 2 atom stereocenters. The van der Waals surface area contributed by atoms with Gasteiger partial charge in [-0.2, -0.15) is 23.4 Å². The average Bonchev–Trinajstić information content (AvgIpc) is 3.32. The van der Waals surface area contributed by atoms with Gasteiger partial charge in [-0.3, -0.25) is 4.79 Å².